The van der Waals surface area contributed by atoms with E-state index in [1.807, 2.05) is 0 Å². The topological polar surface area (TPSA) is 66.8 Å². The van der Waals surface area contributed by atoms with Crippen molar-refractivity contribution in [3.05, 3.63) is 23.3 Å². The van der Waals surface area contributed by atoms with Gasteiger partial charge in [0.15, 0.2) is 17.3 Å². The van der Waals surface area contributed by atoms with Gasteiger partial charge in [-0.2, -0.15) is 4.39 Å². The van der Waals surface area contributed by atoms with Gasteiger partial charge in [0.2, 0.25) is 5.82 Å². The molecular formula is C13H11F2NO4. The zero-order chi connectivity index (χ0) is 14.6. The highest BCUT2D eigenvalue weighted by Gasteiger charge is 2.43. The number of hydrogen-bond acceptors (Lipinski definition) is 4. The van der Waals surface area contributed by atoms with Crippen LogP contribution in [0.25, 0.3) is 0 Å². The van der Waals surface area contributed by atoms with Crippen molar-refractivity contribution in [3.8, 4) is 5.75 Å². The SMILES string of the molecule is C[C@H]1COc2c(F)c(F)cc3c2N1C[C@H](C(=O)O)C3=O. The van der Waals surface area contributed by atoms with E-state index in [9.17, 15) is 18.4 Å². The van der Waals surface area contributed by atoms with E-state index in [0.29, 0.717) is 0 Å². The highest BCUT2D eigenvalue weighted by Crippen LogP contribution is 2.44. The number of hydrogen-bond donors (Lipinski definition) is 1. The van der Waals surface area contributed by atoms with Crippen LogP contribution in [0.5, 0.6) is 5.75 Å². The van der Waals surface area contributed by atoms with Crippen LogP contribution >= 0.6 is 0 Å². The Morgan fingerprint density at radius 1 is 1.50 bits per heavy atom. The van der Waals surface area contributed by atoms with Gasteiger partial charge < -0.3 is 14.7 Å². The monoisotopic (exact) mass is 283 g/mol. The molecule has 106 valence electrons. The van der Waals surface area contributed by atoms with Crippen molar-refractivity contribution in [1.29, 1.82) is 0 Å². The largest absolute Gasteiger partial charge is 0.486 e. The molecule has 2 aliphatic heterocycles. The number of halogens is 2. The molecule has 0 fully saturated rings. The first-order chi connectivity index (χ1) is 9.41. The van der Waals surface area contributed by atoms with Crippen LogP contribution in [0, 0.1) is 17.6 Å². The van der Waals surface area contributed by atoms with Crippen molar-refractivity contribution in [2.75, 3.05) is 18.1 Å². The number of benzene rings is 1. The Labute approximate surface area is 112 Å². The molecule has 0 spiro atoms. The summed E-state index contributed by atoms with van der Waals surface area (Å²) in [5, 5.41) is 9.10. The lowest BCUT2D eigenvalue weighted by molar-refractivity contribution is -0.139. The average molecular weight is 283 g/mol. The predicted molar refractivity (Wildman–Crippen MR) is 64.1 cm³/mol. The van der Waals surface area contributed by atoms with Crippen molar-refractivity contribution in [3.63, 3.8) is 0 Å². The summed E-state index contributed by atoms with van der Waals surface area (Å²) in [5.74, 6) is -5.95. The second kappa shape index (κ2) is 4.16. The lowest BCUT2D eigenvalue weighted by Gasteiger charge is -2.42. The molecule has 0 saturated carbocycles. The van der Waals surface area contributed by atoms with Crippen LogP contribution in [-0.2, 0) is 4.79 Å². The van der Waals surface area contributed by atoms with Crippen LogP contribution in [0.4, 0.5) is 14.5 Å². The minimum absolute atomic E-state index is 0.0657. The minimum Gasteiger partial charge on any atom is -0.486 e. The highest BCUT2D eigenvalue weighted by atomic mass is 19.2. The fraction of sp³-hybridized carbons (Fsp3) is 0.385. The summed E-state index contributed by atoms with van der Waals surface area (Å²) < 4.78 is 32.5. The fourth-order valence-corrected chi connectivity index (χ4v) is 2.64. The van der Waals surface area contributed by atoms with E-state index in [1.54, 1.807) is 11.8 Å². The number of anilines is 1. The van der Waals surface area contributed by atoms with Crippen LogP contribution in [0.2, 0.25) is 0 Å². The Morgan fingerprint density at radius 3 is 2.85 bits per heavy atom. The summed E-state index contributed by atoms with van der Waals surface area (Å²) in [4.78, 5) is 24.9. The van der Waals surface area contributed by atoms with Crippen LogP contribution in [0.15, 0.2) is 6.07 Å². The normalized spacial score (nSPS) is 24.1. The third-order valence-electron chi connectivity index (χ3n) is 3.70. The summed E-state index contributed by atoms with van der Waals surface area (Å²) in [6, 6.07) is 0.529. The number of ketones is 1. The standard InChI is InChI=1S/C13H11F2NO4/c1-5-4-20-12-9(15)8(14)2-6-10(12)16(5)3-7(11(6)17)13(18)19/h2,5,7H,3-4H2,1H3,(H,18,19)/t5-,7-/m0/s1. The van der Waals surface area contributed by atoms with Crippen molar-refractivity contribution in [2.24, 2.45) is 5.92 Å². The van der Waals surface area contributed by atoms with Crippen LogP contribution in [-0.4, -0.2) is 36.1 Å². The first kappa shape index (κ1) is 12.8. The number of Topliss-reactive ketones (excluding diaryl/α,β-unsaturated/α-hetero) is 1. The Balaban J connectivity index is 2.26. The van der Waals surface area contributed by atoms with Gasteiger partial charge in [-0.25, -0.2) is 4.39 Å². The van der Waals surface area contributed by atoms with Gasteiger partial charge in [-0.1, -0.05) is 0 Å². The summed E-state index contributed by atoms with van der Waals surface area (Å²) in [7, 11) is 0. The Kier molecular flexibility index (Phi) is 2.67. The number of carboxylic acids is 1. The molecule has 0 unspecified atom stereocenters. The van der Waals surface area contributed by atoms with E-state index in [4.69, 9.17) is 9.84 Å². The fourth-order valence-electron chi connectivity index (χ4n) is 2.64. The molecule has 0 radical (unpaired) electrons. The molecule has 2 heterocycles. The second-order valence-corrected chi connectivity index (χ2v) is 4.97. The summed E-state index contributed by atoms with van der Waals surface area (Å²) in [6.07, 6.45) is 0. The number of carboxylic acid groups (broad SMARTS) is 1. The molecule has 2 atom stereocenters. The minimum atomic E-state index is -1.28. The van der Waals surface area contributed by atoms with Crippen molar-refractivity contribution in [2.45, 2.75) is 13.0 Å². The number of carbonyl (C=O) groups is 2. The number of nitrogens with zero attached hydrogens (tertiary/aromatic N) is 1. The molecule has 1 N–H and O–H groups in total. The molecule has 0 amide bonds. The van der Waals surface area contributed by atoms with E-state index in [-0.39, 0.29) is 36.2 Å². The lowest BCUT2D eigenvalue weighted by Crippen LogP contribution is -2.51. The van der Waals surface area contributed by atoms with Gasteiger partial charge in [-0.05, 0) is 13.0 Å². The molecule has 0 aromatic heterocycles. The van der Waals surface area contributed by atoms with Gasteiger partial charge in [-0.3, -0.25) is 9.59 Å². The molecule has 2 aliphatic rings. The molecule has 1 aromatic rings. The van der Waals surface area contributed by atoms with Crippen molar-refractivity contribution in [1.82, 2.24) is 0 Å². The predicted octanol–water partition coefficient (Wildman–Crippen LogP) is 1.45. The third kappa shape index (κ3) is 1.59. The number of aliphatic carboxylic acids is 1. The Hall–Kier alpha value is -2.18. The first-order valence-corrected chi connectivity index (χ1v) is 6.10. The van der Waals surface area contributed by atoms with Gasteiger partial charge in [0.1, 0.15) is 12.5 Å². The van der Waals surface area contributed by atoms with Crippen LogP contribution < -0.4 is 9.64 Å². The van der Waals surface area contributed by atoms with E-state index in [0.717, 1.165) is 6.07 Å². The lowest BCUT2D eigenvalue weighted by atomic mass is 9.89. The van der Waals surface area contributed by atoms with E-state index in [1.165, 1.54) is 0 Å². The summed E-state index contributed by atoms with van der Waals surface area (Å²) in [5.41, 5.74) is 0.0225. The molecule has 0 saturated heterocycles. The number of rotatable bonds is 1. The molecule has 1 aromatic carbocycles. The van der Waals surface area contributed by atoms with Gasteiger partial charge in [0, 0.05) is 12.1 Å². The average Bonchev–Trinajstić information content (AvgIpc) is 2.39. The van der Waals surface area contributed by atoms with Gasteiger partial charge >= 0.3 is 5.97 Å². The molecule has 0 bridgehead atoms. The summed E-state index contributed by atoms with van der Waals surface area (Å²) >= 11 is 0. The van der Waals surface area contributed by atoms with Crippen LogP contribution in [0.3, 0.4) is 0 Å². The molecule has 20 heavy (non-hydrogen) atoms. The smallest absolute Gasteiger partial charge is 0.316 e. The molecular weight excluding hydrogens is 272 g/mol. The number of carbonyl (C=O) groups excluding carboxylic acids is 1. The van der Waals surface area contributed by atoms with Crippen molar-refractivity contribution < 1.29 is 28.2 Å². The van der Waals surface area contributed by atoms with Gasteiger partial charge in [-0.15, -0.1) is 0 Å². The van der Waals surface area contributed by atoms with Gasteiger partial charge in [0.25, 0.3) is 0 Å². The Bertz CT molecular complexity index is 631. The molecule has 7 heteroatoms. The Morgan fingerprint density at radius 2 is 2.20 bits per heavy atom. The quantitative estimate of drug-likeness (QED) is 0.790. The second-order valence-electron chi connectivity index (χ2n) is 4.97. The maximum absolute atomic E-state index is 13.8. The van der Waals surface area contributed by atoms with E-state index in [2.05, 4.69) is 0 Å². The highest BCUT2D eigenvalue weighted by molar-refractivity contribution is 6.14. The number of ether oxygens (including phenoxy) is 1. The van der Waals surface area contributed by atoms with E-state index >= 15 is 0 Å². The first-order valence-electron chi connectivity index (χ1n) is 6.10. The maximum atomic E-state index is 13.8. The molecule has 5 nitrogen and oxygen atoms in total. The van der Waals surface area contributed by atoms with Crippen molar-refractivity contribution >= 4 is 17.4 Å². The van der Waals surface area contributed by atoms with Gasteiger partial charge in [0.05, 0.1) is 11.7 Å². The summed E-state index contributed by atoms with van der Waals surface area (Å²) in [6.45, 7) is 1.81. The van der Waals surface area contributed by atoms with E-state index < -0.39 is 29.3 Å². The zero-order valence-electron chi connectivity index (χ0n) is 10.5. The third-order valence-corrected chi connectivity index (χ3v) is 3.70. The maximum Gasteiger partial charge on any atom is 0.316 e. The van der Waals surface area contributed by atoms with Crippen LogP contribution in [0.1, 0.15) is 17.3 Å². The molecule has 3 rings (SSSR count). The molecule has 0 aliphatic carbocycles. The zero-order valence-corrected chi connectivity index (χ0v) is 10.5.